The Morgan fingerprint density at radius 2 is 2.00 bits per heavy atom. The van der Waals surface area contributed by atoms with Crippen LogP contribution in [0, 0.1) is 17.4 Å². The normalized spacial score (nSPS) is 13.4. The van der Waals surface area contributed by atoms with Crippen molar-refractivity contribution < 1.29 is 14.7 Å². The number of carboxylic acids is 1. The van der Waals surface area contributed by atoms with E-state index in [0.717, 1.165) is 56.8 Å². The van der Waals surface area contributed by atoms with Gasteiger partial charge in [0.1, 0.15) is 5.00 Å². The molecule has 0 radical (unpaired) electrons. The van der Waals surface area contributed by atoms with E-state index in [1.165, 1.54) is 4.88 Å². The summed E-state index contributed by atoms with van der Waals surface area (Å²) in [5.41, 5.74) is 7.20. The van der Waals surface area contributed by atoms with Crippen LogP contribution in [0.4, 0.5) is 0 Å². The van der Waals surface area contributed by atoms with Crippen LogP contribution in [-0.4, -0.2) is 27.8 Å². The number of hydrazone groups is 1. The van der Waals surface area contributed by atoms with Crippen LogP contribution < -0.4 is 5.43 Å². The maximum atomic E-state index is 12.3. The van der Waals surface area contributed by atoms with Crippen LogP contribution in [-0.2, 0) is 12.8 Å². The predicted octanol–water partition coefficient (Wildman–Crippen LogP) is 5.10. The summed E-state index contributed by atoms with van der Waals surface area (Å²) in [4.78, 5) is 25.6. The Labute approximate surface area is 198 Å². The Balaban J connectivity index is 1.63. The number of carbonyl (C=O) groups is 2. The average Bonchev–Trinajstić information content (AvgIpc) is 3.24. The number of aryl methyl sites for hydroxylation is 2. The average molecular weight is 547 g/mol. The van der Waals surface area contributed by atoms with Crippen LogP contribution >= 0.6 is 33.9 Å². The molecule has 0 saturated heterocycles. The van der Waals surface area contributed by atoms with Gasteiger partial charge in [0.15, 0.2) is 0 Å². The quantitative estimate of drug-likeness (QED) is 0.265. The number of aromatic carboxylic acids is 1. The molecule has 2 heterocycles. The lowest BCUT2D eigenvalue weighted by molar-refractivity contribution is 0.0695. The minimum atomic E-state index is -0.873. The zero-order valence-corrected chi connectivity index (χ0v) is 20.2. The van der Waals surface area contributed by atoms with Crippen molar-refractivity contribution in [3.63, 3.8) is 0 Å². The second-order valence-electron chi connectivity index (χ2n) is 7.57. The molecule has 4 rings (SSSR count). The Morgan fingerprint density at radius 1 is 1.23 bits per heavy atom. The van der Waals surface area contributed by atoms with E-state index in [4.69, 9.17) is 0 Å². The van der Waals surface area contributed by atoms with Crippen LogP contribution in [0.25, 0.3) is 5.00 Å². The number of hydrogen-bond donors (Lipinski definition) is 2. The maximum absolute atomic E-state index is 12.3. The number of hydrogen-bond acceptors (Lipinski definition) is 4. The topological polar surface area (TPSA) is 83.7 Å². The summed E-state index contributed by atoms with van der Waals surface area (Å²) < 4.78 is 2.97. The Morgan fingerprint density at radius 3 is 2.74 bits per heavy atom. The van der Waals surface area contributed by atoms with Gasteiger partial charge in [0, 0.05) is 31.0 Å². The SMILES string of the molecule is Cc1cc(/C=N\NC(=O)c2cccc(I)c2)c(C)n1-c1sc2c(c1C(=O)O)CCCC2. The number of fused-ring (bicyclic) bond motifs is 1. The number of aromatic nitrogens is 1. The molecule has 2 N–H and O–H groups in total. The molecule has 0 fully saturated rings. The van der Waals surface area contributed by atoms with Crippen molar-refractivity contribution in [1.82, 2.24) is 9.99 Å². The van der Waals surface area contributed by atoms with Gasteiger partial charge in [-0.05, 0) is 92.0 Å². The molecule has 2 aromatic heterocycles. The van der Waals surface area contributed by atoms with Crippen molar-refractivity contribution in [3.8, 4) is 5.00 Å². The smallest absolute Gasteiger partial charge is 0.339 e. The van der Waals surface area contributed by atoms with E-state index in [0.29, 0.717) is 11.1 Å². The maximum Gasteiger partial charge on any atom is 0.339 e. The van der Waals surface area contributed by atoms with Gasteiger partial charge in [-0.15, -0.1) is 11.3 Å². The molecule has 0 unspecified atom stereocenters. The highest BCUT2D eigenvalue weighted by molar-refractivity contribution is 14.1. The van der Waals surface area contributed by atoms with Gasteiger partial charge in [0.05, 0.1) is 11.8 Å². The largest absolute Gasteiger partial charge is 0.478 e. The number of thiophene rings is 1. The van der Waals surface area contributed by atoms with E-state index in [1.54, 1.807) is 29.7 Å². The highest BCUT2D eigenvalue weighted by Gasteiger charge is 2.27. The summed E-state index contributed by atoms with van der Waals surface area (Å²) in [7, 11) is 0. The number of nitrogens with zero attached hydrogens (tertiary/aromatic N) is 2. The third-order valence-electron chi connectivity index (χ3n) is 5.50. The van der Waals surface area contributed by atoms with Crippen molar-refractivity contribution in [2.45, 2.75) is 39.5 Å². The second kappa shape index (κ2) is 8.96. The molecule has 0 atom stereocenters. The van der Waals surface area contributed by atoms with Crippen molar-refractivity contribution in [3.05, 3.63) is 72.4 Å². The van der Waals surface area contributed by atoms with E-state index in [1.807, 2.05) is 36.6 Å². The number of amides is 1. The monoisotopic (exact) mass is 547 g/mol. The summed E-state index contributed by atoms with van der Waals surface area (Å²) in [5.74, 6) is -1.15. The minimum Gasteiger partial charge on any atom is -0.478 e. The summed E-state index contributed by atoms with van der Waals surface area (Å²) >= 11 is 3.74. The lowest BCUT2D eigenvalue weighted by Crippen LogP contribution is -2.17. The zero-order valence-electron chi connectivity index (χ0n) is 17.2. The van der Waals surface area contributed by atoms with Gasteiger partial charge in [-0.3, -0.25) is 4.79 Å². The van der Waals surface area contributed by atoms with E-state index in [-0.39, 0.29) is 5.91 Å². The molecular weight excluding hydrogens is 525 g/mol. The van der Waals surface area contributed by atoms with Crippen molar-refractivity contribution >= 4 is 52.0 Å². The van der Waals surface area contributed by atoms with Gasteiger partial charge in [-0.2, -0.15) is 5.10 Å². The molecule has 1 aliphatic carbocycles. The molecule has 0 spiro atoms. The third-order valence-corrected chi connectivity index (χ3v) is 7.44. The fraction of sp³-hybridized carbons (Fsp3) is 0.261. The lowest BCUT2D eigenvalue weighted by Gasteiger charge is -2.11. The lowest BCUT2D eigenvalue weighted by atomic mass is 9.95. The summed E-state index contributed by atoms with van der Waals surface area (Å²) in [6, 6.07) is 9.24. The first kappa shape index (κ1) is 21.8. The zero-order chi connectivity index (χ0) is 22.1. The summed E-state index contributed by atoms with van der Waals surface area (Å²) in [5, 5.41) is 14.8. The van der Waals surface area contributed by atoms with Gasteiger partial charge in [0.25, 0.3) is 5.91 Å². The fourth-order valence-corrected chi connectivity index (χ4v) is 6.05. The van der Waals surface area contributed by atoms with E-state index in [9.17, 15) is 14.7 Å². The van der Waals surface area contributed by atoms with Gasteiger partial charge in [0.2, 0.25) is 0 Å². The Bertz CT molecular complexity index is 1210. The van der Waals surface area contributed by atoms with E-state index in [2.05, 4.69) is 33.1 Å². The van der Waals surface area contributed by atoms with Gasteiger partial charge in [-0.25, -0.2) is 10.2 Å². The van der Waals surface area contributed by atoms with Crippen LogP contribution in [0.3, 0.4) is 0 Å². The van der Waals surface area contributed by atoms with Crippen LogP contribution in [0.1, 0.15) is 60.9 Å². The van der Waals surface area contributed by atoms with Crippen LogP contribution in [0.5, 0.6) is 0 Å². The Kier molecular flexibility index (Phi) is 6.29. The highest BCUT2D eigenvalue weighted by atomic mass is 127. The number of benzene rings is 1. The van der Waals surface area contributed by atoms with Gasteiger partial charge in [-0.1, -0.05) is 6.07 Å². The van der Waals surface area contributed by atoms with Gasteiger partial charge >= 0.3 is 5.97 Å². The first-order chi connectivity index (χ1) is 14.9. The molecule has 31 heavy (non-hydrogen) atoms. The van der Waals surface area contributed by atoms with Gasteiger partial charge < -0.3 is 9.67 Å². The summed E-state index contributed by atoms with van der Waals surface area (Å²) in [6.07, 6.45) is 5.52. The molecule has 3 aromatic rings. The molecule has 0 saturated carbocycles. The number of carboxylic acid groups (broad SMARTS) is 1. The van der Waals surface area contributed by atoms with Crippen LogP contribution in [0.2, 0.25) is 0 Å². The standard InChI is InChI=1S/C23H22IN3O3S/c1-13-10-16(12-25-26-21(28)15-6-5-7-17(24)11-15)14(2)27(13)22-20(23(29)30)18-8-3-4-9-19(18)31-22/h5-7,10-12H,3-4,8-9H2,1-2H3,(H,26,28)(H,29,30)/b25-12-. The first-order valence-electron chi connectivity index (χ1n) is 10.0. The number of nitrogens with one attached hydrogen (secondary N) is 1. The molecule has 160 valence electrons. The molecule has 1 amide bonds. The molecular formula is C23H22IN3O3S. The molecule has 1 aliphatic rings. The number of carbonyl (C=O) groups excluding carboxylic acids is 1. The molecule has 1 aromatic carbocycles. The summed E-state index contributed by atoms with van der Waals surface area (Å²) in [6.45, 7) is 3.90. The Hall–Kier alpha value is -2.46. The van der Waals surface area contributed by atoms with E-state index >= 15 is 0 Å². The second-order valence-corrected chi connectivity index (χ2v) is 9.90. The van der Waals surface area contributed by atoms with Crippen molar-refractivity contribution in [1.29, 1.82) is 0 Å². The van der Waals surface area contributed by atoms with Crippen molar-refractivity contribution in [2.24, 2.45) is 5.10 Å². The molecule has 0 bridgehead atoms. The molecule has 0 aliphatic heterocycles. The highest BCUT2D eigenvalue weighted by Crippen LogP contribution is 2.38. The number of rotatable bonds is 5. The molecule has 6 nitrogen and oxygen atoms in total. The number of halogens is 1. The van der Waals surface area contributed by atoms with Crippen LogP contribution in [0.15, 0.2) is 35.4 Å². The molecule has 8 heteroatoms. The first-order valence-corrected chi connectivity index (χ1v) is 11.9. The fourth-order valence-electron chi connectivity index (χ4n) is 4.02. The third kappa shape index (κ3) is 4.31. The predicted molar refractivity (Wildman–Crippen MR) is 131 cm³/mol. The minimum absolute atomic E-state index is 0.275. The van der Waals surface area contributed by atoms with E-state index < -0.39 is 5.97 Å². The van der Waals surface area contributed by atoms with Crippen molar-refractivity contribution in [2.75, 3.05) is 0 Å².